The molecular formula is C20H23NO3. The Kier molecular flexibility index (Phi) is 4.30. The first-order valence-electron chi connectivity index (χ1n) is 8.57. The summed E-state index contributed by atoms with van der Waals surface area (Å²) in [7, 11) is 1.75. The molecule has 0 amide bonds. The minimum Gasteiger partial charge on any atom is -0.496 e. The Morgan fingerprint density at radius 1 is 1.08 bits per heavy atom. The molecule has 0 radical (unpaired) electrons. The molecule has 2 aromatic carbocycles. The van der Waals surface area contributed by atoms with Gasteiger partial charge >= 0.3 is 0 Å². The summed E-state index contributed by atoms with van der Waals surface area (Å²) in [5, 5.41) is 0. The predicted molar refractivity (Wildman–Crippen MR) is 93.1 cm³/mol. The van der Waals surface area contributed by atoms with E-state index in [-0.39, 0.29) is 6.10 Å². The fourth-order valence-electron chi connectivity index (χ4n) is 3.70. The Labute approximate surface area is 142 Å². The van der Waals surface area contributed by atoms with Crippen molar-refractivity contribution in [1.29, 1.82) is 0 Å². The Bertz CT molecular complexity index is 703. The Hall–Kier alpha value is -2.20. The lowest BCUT2D eigenvalue weighted by Gasteiger charge is -2.29. The maximum atomic E-state index is 6.09. The second-order valence-electron chi connectivity index (χ2n) is 6.48. The number of fused-ring (bicyclic) bond motifs is 1. The van der Waals surface area contributed by atoms with Crippen LogP contribution in [0.4, 0.5) is 0 Å². The Balaban J connectivity index is 1.38. The summed E-state index contributed by atoms with van der Waals surface area (Å²) < 4.78 is 17.4. The monoisotopic (exact) mass is 325 g/mol. The molecule has 2 aliphatic heterocycles. The summed E-state index contributed by atoms with van der Waals surface area (Å²) in [5.74, 6) is 3.23. The van der Waals surface area contributed by atoms with Crippen molar-refractivity contribution in [3.63, 3.8) is 0 Å². The van der Waals surface area contributed by atoms with E-state index < -0.39 is 0 Å². The van der Waals surface area contributed by atoms with Crippen LogP contribution >= 0.6 is 0 Å². The molecule has 4 heteroatoms. The predicted octanol–water partition coefficient (Wildman–Crippen LogP) is 3.32. The molecule has 0 N–H and O–H groups in total. The number of ether oxygens (including phenoxy) is 3. The van der Waals surface area contributed by atoms with Gasteiger partial charge in [-0.25, -0.2) is 0 Å². The Morgan fingerprint density at radius 2 is 1.88 bits per heavy atom. The summed E-state index contributed by atoms with van der Waals surface area (Å²) in [6.07, 6.45) is 1.25. The molecule has 2 aliphatic rings. The third-order valence-corrected chi connectivity index (χ3v) is 4.88. The van der Waals surface area contributed by atoms with Crippen LogP contribution in [0.1, 0.15) is 17.9 Å². The SMILES string of the molecule is COc1ccccc1C1CCN(CC2COc3ccccc3O2)C1. The van der Waals surface area contributed by atoms with E-state index in [2.05, 4.69) is 17.0 Å². The van der Waals surface area contributed by atoms with Crippen LogP contribution in [0.2, 0.25) is 0 Å². The van der Waals surface area contributed by atoms with Crippen molar-refractivity contribution in [1.82, 2.24) is 4.90 Å². The summed E-state index contributed by atoms with van der Waals surface area (Å²) in [6.45, 7) is 3.65. The maximum absolute atomic E-state index is 6.09. The molecule has 0 bridgehead atoms. The number of likely N-dealkylation sites (tertiary alicyclic amines) is 1. The number of benzene rings is 2. The standard InChI is InChI=1S/C20H23NO3/c1-22-18-7-3-2-6-17(18)15-10-11-21(12-15)13-16-14-23-19-8-4-5-9-20(19)24-16/h2-9,15-16H,10-14H2,1H3. The average Bonchev–Trinajstić information content (AvgIpc) is 3.10. The van der Waals surface area contributed by atoms with Crippen LogP contribution in [-0.2, 0) is 0 Å². The number of para-hydroxylation sites is 3. The fourth-order valence-corrected chi connectivity index (χ4v) is 3.70. The van der Waals surface area contributed by atoms with E-state index in [0.29, 0.717) is 12.5 Å². The van der Waals surface area contributed by atoms with Gasteiger partial charge in [0.05, 0.1) is 7.11 Å². The minimum absolute atomic E-state index is 0.0938. The Morgan fingerprint density at radius 3 is 2.75 bits per heavy atom. The van der Waals surface area contributed by atoms with Crippen LogP contribution < -0.4 is 14.2 Å². The maximum Gasteiger partial charge on any atom is 0.161 e. The summed E-state index contributed by atoms with van der Waals surface area (Å²) in [5.41, 5.74) is 1.31. The van der Waals surface area contributed by atoms with Crippen LogP contribution in [0.25, 0.3) is 0 Å². The second kappa shape index (κ2) is 6.73. The molecule has 2 unspecified atom stereocenters. The molecule has 126 valence electrons. The molecule has 0 aromatic heterocycles. The van der Waals surface area contributed by atoms with Crippen LogP contribution in [0.5, 0.6) is 17.2 Å². The van der Waals surface area contributed by atoms with E-state index in [1.807, 2.05) is 36.4 Å². The number of hydrogen-bond acceptors (Lipinski definition) is 4. The van der Waals surface area contributed by atoms with Crippen molar-refractivity contribution in [3.05, 3.63) is 54.1 Å². The fraction of sp³-hybridized carbons (Fsp3) is 0.400. The lowest BCUT2D eigenvalue weighted by atomic mass is 9.97. The number of hydrogen-bond donors (Lipinski definition) is 0. The average molecular weight is 325 g/mol. The molecule has 4 rings (SSSR count). The van der Waals surface area contributed by atoms with Crippen LogP contribution in [0.3, 0.4) is 0 Å². The van der Waals surface area contributed by atoms with Gasteiger partial charge in [-0.3, -0.25) is 4.90 Å². The summed E-state index contributed by atoms with van der Waals surface area (Å²) >= 11 is 0. The van der Waals surface area contributed by atoms with Crippen molar-refractivity contribution in [3.8, 4) is 17.2 Å². The van der Waals surface area contributed by atoms with Gasteiger partial charge in [0, 0.05) is 19.0 Å². The van der Waals surface area contributed by atoms with Gasteiger partial charge in [-0.2, -0.15) is 0 Å². The van der Waals surface area contributed by atoms with Crippen molar-refractivity contribution in [2.45, 2.75) is 18.4 Å². The zero-order valence-corrected chi connectivity index (χ0v) is 14.0. The first-order valence-corrected chi connectivity index (χ1v) is 8.57. The van der Waals surface area contributed by atoms with E-state index in [4.69, 9.17) is 14.2 Å². The lowest BCUT2D eigenvalue weighted by molar-refractivity contribution is 0.0647. The van der Waals surface area contributed by atoms with Crippen molar-refractivity contribution in [2.75, 3.05) is 33.4 Å². The molecule has 1 fully saturated rings. The highest BCUT2D eigenvalue weighted by Crippen LogP contribution is 2.35. The van der Waals surface area contributed by atoms with E-state index in [9.17, 15) is 0 Å². The van der Waals surface area contributed by atoms with Crippen molar-refractivity contribution in [2.24, 2.45) is 0 Å². The van der Waals surface area contributed by atoms with Crippen molar-refractivity contribution < 1.29 is 14.2 Å². The second-order valence-corrected chi connectivity index (χ2v) is 6.48. The molecule has 2 heterocycles. The summed E-state index contributed by atoms with van der Waals surface area (Å²) in [4.78, 5) is 2.47. The number of nitrogens with zero attached hydrogens (tertiary/aromatic N) is 1. The van der Waals surface area contributed by atoms with E-state index in [1.54, 1.807) is 7.11 Å². The number of rotatable bonds is 4. The van der Waals surface area contributed by atoms with Gasteiger partial charge in [-0.15, -0.1) is 0 Å². The minimum atomic E-state index is 0.0938. The lowest BCUT2D eigenvalue weighted by Crippen LogP contribution is -2.40. The van der Waals surface area contributed by atoms with Crippen LogP contribution in [0.15, 0.2) is 48.5 Å². The first kappa shape index (κ1) is 15.3. The molecule has 24 heavy (non-hydrogen) atoms. The van der Waals surface area contributed by atoms with Crippen LogP contribution in [-0.4, -0.2) is 44.4 Å². The molecule has 4 nitrogen and oxygen atoms in total. The van der Waals surface area contributed by atoms with Gasteiger partial charge in [0.25, 0.3) is 0 Å². The van der Waals surface area contributed by atoms with E-state index in [1.165, 1.54) is 5.56 Å². The molecule has 1 saturated heterocycles. The highest BCUT2D eigenvalue weighted by Gasteiger charge is 2.29. The van der Waals surface area contributed by atoms with Gasteiger partial charge in [0.15, 0.2) is 11.5 Å². The third kappa shape index (κ3) is 3.06. The highest BCUT2D eigenvalue weighted by atomic mass is 16.6. The van der Waals surface area contributed by atoms with Crippen molar-refractivity contribution >= 4 is 0 Å². The molecule has 2 aromatic rings. The largest absolute Gasteiger partial charge is 0.496 e. The smallest absolute Gasteiger partial charge is 0.161 e. The highest BCUT2D eigenvalue weighted by molar-refractivity contribution is 5.41. The van der Waals surface area contributed by atoms with Gasteiger partial charge in [-0.1, -0.05) is 30.3 Å². The molecular weight excluding hydrogens is 302 g/mol. The topological polar surface area (TPSA) is 30.9 Å². The van der Waals surface area contributed by atoms with Gasteiger partial charge < -0.3 is 14.2 Å². The van der Waals surface area contributed by atoms with Gasteiger partial charge in [0.1, 0.15) is 18.5 Å². The molecule has 0 aliphatic carbocycles. The normalized spacial score (nSPS) is 23.2. The first-order chi connectivity index (χ1) is 11.8. The summed E-state index contributed by atoms with van der Waals surface area (Å²) in [6, 6.07) is 16.2. The van der Waals surface area contributed by atoms with Gasteiger partial charge in [-0.05, 0) is 36.7 Å². The molecule has 0 spiro atoms. The van der Waals surface area contributed by atoms with Crippen LogP contribution in [0, 0.1) is 0 Å². The number of methoxy groups -OCH3 is 1. The zero-order valence-electron chi connectivity index (χ0n) is 14.0. The third-order valence-electron chi connectivity index (χ3n) is 4.88. The van der Waals surface area contributed by atoms with Gasteiger partial charge in [0.2, 0.25) is 0 Å². The quantitative estimate of drug-likeness (QED) is 0.863. The van der Waals surface area contributed by atoms with E-state index in [0.717, 1.165) is 43.3 Å². The van der Waals surface area contributed by atoms with E-state index >= 15 is 0 Å². The molecule has 2 atom stereocenters. The zero-order chi connectivity index (χ0) is 16.4. The molecule has 0 saturated carbocycles.